The van der Waals surface area contributed by atoms with Gasteiger partial charge in [-0.25, -0.2) is 4.98 Å². The van der Waals surface area contributed by atoms with Crippen LogP contribution in [0.15, 0.2) is 34.2 Å². The van der Waals surface area contributed by atoms with Crippen molar-refractivity contribution in [1.82, 2.24) is 14.9 Å². The van der Waals surface area contributed by atoms with Gasteiger partial charge in [-0.2, -0.15) is 0 Å². The Balaban J connectivity index is 1.79. The van der Waals surface area contributed by atoms with E-state index in [0.29, 0.717) is 34.5 Å². The maximum absolute atomic E-state index is 13.1. The van der Waals surface area contributed by atoms with Crippen LogP contribution in [0.3, 0.4) is 0 Å². The minimum absolute atomic E-state index is 0.00528. The van der Waals surface area contributed by atoms with E-state index in [1.54, 1.807) is 17.7 Å². The second kappa shape index (κ2) is 9.76. The Bertz CT molecular complexity index is 914. The average Bonchev–Trinajstić information content (AvgIpc) is 2.70. The number of nitrogens with zero attached hydrogens (tertiary/aromatic N) is 2. The van der Waals surface area contributed by atoms with Crippen molar-refractivity contribution in [3.8, 4) is 0 Å². The highest BCUT2D eigenvalue weighted by Crippen LogP contribution is 2.29. The van der Waals surface area contributed by atoms with Gasteiger partial charge < -0.3 is 10.1 Å². The Kier molecular flexibility index (Phi) is 7.35. The van der Waals surface area contributed by atoms with Crippen LogP contribution in [0.25, 0.3) is 10.9 Å². The average molecular weight is 418 g/mol. The fraction of sp³-hybridized carbons (Fsp3) is 0.591. The molecule has 0 radical (unpaired) electrons. The molecule has 0 saturated heterocycles. The van der Waals surface area contributed by atoms with Gasteiger partial charge in [0.2, 0.25) is 5.91 Å². The lowest BCUT2D eigenvalue weighted by Gasteiger charge is -2.34. The number of para-hydroxylation sites is 1. The normalized spacial score (nSPS) is 23.1. The van der Waals surface area contributed by atoms with E-state index in [2.05, 4.69) is 24.1 Å². The van der Waals surface area contributed by atoms with Crippen LogP contribution >= 0.6 is 11.8 Å². The van der Waals surface area contributed by atoms with Gasteiger partial charge in [-0.15, -0.1) is 0 Å². The molecule has 4 atom stereocenters. The van der Waals surface area contributed by atoms with Crippen LogP contribution in [0.1, 0.15) is 46.1 Å². The van der Waals surface area contributed by atoms with Crippen molar-refractivity contribution in [3.63, 3.8) is 0 Å². The van der Waals surface area contributed by atoms with Crippen LogP contribution in [-0.4, -0.2) is 41.0 Å². The van der Waals surface area contributed by atoms with Crippen LogP contribution in [0.4, 0.5) is 0 Å². The van der Waals surface area contributed by atoms with E-state index in [1.165, 1.54) is 18.2 Å². The summed E-state index contributed by atoms with van der Waals surface area (Å²) in [5, 5.41) is 4.33. The Labute approximate surface area is 176 Å². The van der Waals surface area contributed by atoms with E-state index in [1.807, 2.05) is 25.1 Å². The third kappa shape index (κ3) is 5.01. The minimum atomic E-state index is -0.172. The third-order valence-corrected chi connectivity index (χ3v) is 6.96. The van der Waals surface area contributed by atoms with Crippen LogP contribution < -0.4 is 10.9 Å². The number of amides is 1. The van der Waals surface area contributed by atoms with Crippen molar-refractivity contribution in [2.24, 2.45) is 11.8 Å². The van der Waals surface area contributed by atoms with E-state index in [4.69, 9.17) is 4.74 Å². The van der Waals surface area contributed by atoms with Gasteiger partial charge in [0.25, 0.3) is 5.56 Å². The molecule has 1 aromatic carbocycles. The molecule has 1 aliphatic rings. The van der Waals surface area contributed by atoms with E-state index in [0.717, 1.165) is 12.8 Å². The molecule has 6 nitrogen and oxygen atoms in total. The second-order valence-electron chi connectivity index (χ2n) is 8.12. The van der Waals surface area contributed by atoms with E-state index >= 15 is 0 Å². The van der Waals surface area contributed by atoms with Crippen LogP contribution in [0, 0.1) is 11.8 Å². The zero-order chi connectivity index (χ0) is 21.0. The monoisotopic (exact) mass is 417 g/mol. The molecular weight excluding hydrogens is 386 g/mol. The third-order valence-electron chi connectivity index (χ3n) is 6.01. The first kappa shape index (κ1) is 21.8. The molecule has 158 valence electrons. The number of methoxy groups -OCH3 is 1. The van der Waals surface area contributed by atoms with Crippen molar-refractivity contribution in [2.45, 2.75) is 57.3 Å². The van der Waals surface area contributed by atoms with E-state index in [9.17, 15) is 9.59 Å². The van der Waals surface area contributed by atoms with Crippen molar-refractivity contribution in [3.05, 3.63) is 34.6 Å². The zero-order valence-electron chi connectivity index (χ0n) is 17.7. The number of aromatic nitrogens is 2. The summed E-state index contributed by atoms with van der Waals surface area (Å²) in [4.78, 5) is 30.4. The van der Waals surface area contributed by atoms with Crippen molar-refractivity contribution < 1.29 is 9.53 Å². The number of hydrogen-bond donors (Lipinski definition) is 1. The molecule has 1 heterocycles. The maximum atomic E-state index is 13.1. The SMILES string of the molecule is COCC(C)n1c(SCC(=O)NC2CCCC(C)C2C)nc2ccccc2c1=O. The topological polar surface area (TPSA) is 73.2 Å². The molecule has 1 N–H and O–H groups in total. The number of carbonyl (C=O) groups is 1. The number of ether oxygens (including phenoxy) is 1. The van der Waals surface area contributed by atoms with Crippen LogP contribution in [0.5, 0.6) is 0 Å². The van der Waals surface area contributed by atoms with Gasteiger partial charge in [-0.3, -0.25) is 14.2 Å². The molecule has 7 heteroatoms. The summed E-state index contributed by atoms with van der Waals surface area (Å²) >= 11 is 1.31. The van der Waals surface area contributed by atoms with Gasteiger partial charge in [-0.1, -0.05) is 50.6 Å². The lowest BCUT2D eigenvalue weighted by atomic mass is 9.78. The first-order chi connectivity index (χ1) is 13.9. The van der Waals surface area contributed by atoms with Crippen LogP contribution in [-0.2, 0) is 9.53 Å². The molecule has 1 aliphatic carbocycles. The predicted octanol–water partition coefficient (Wildman–Crippen LogP) is 3.64. The maximum Gasteiger partial charge on any atom is 0.262 e. The largest absolute Gasteiger partial charge is 0.383 e. The molecule has 1 saturated carbocycles. The highest BCUT2D eigenvalue weighted by atomic mass is 32.2. The molecule has 0 spiro atoms. The fourth-order valence-corrected chi connectivity index (χ4v) is 5.00. The summed E-state index contributed by atoms with van der Waals surface area (Å²) in [6.07, 6.45) is 3.42. The zero-order valence-corrected chi connectivity index (χ0v) is 18.5. The quantitative estimate of drug-likeness (QED) is 0.550. The summed E-state index contributed by atoms with van der Waals surface area (Å²) in [5.74, 6) is 1.34. The molecule has 2 aromatic rings. The van der Waals surface area contributed by atoms with Crippen LogP contribution in [0.2, 0.25) is 0 Å². The van der Waals surface area contributed by atoms with Crippen molar-refractivity contribution in [2.75, 3.05) is 19.5 Å². The van der Waals surface area contributed by atoms with Crippen molar-refractivity contribution >= 4 is 28.6 Å². The Hall–Kier alpha value is -1.86. The number of nitrogens with one attached hydrogen (secondary N) is 1. The lowest BCUT2D eigenvalue weighted by molar-refractivity contribution is -0.120. The molecule has 0 bridgehead atoms. The molecule has 1 aromatic heterocycles. The number of thioether (sulfide) groups is 1. The highest BCUT2D eigenvalue weighted by molar-refractivity contribution is 7.99. The summed E-state index contributed by atoms with van der Waals surface area (Å²) in [6, 6.07) is 7.37. The van der Waals surface area contributed by atoms with Gasteiger partial charge >= 0.3 is 0 Å². The fourth-order valence-electron chi connectivity index (χ4n) is 4.10. The molecule has 4 unspecified atom stereocenters. The number of carbonyl (C=O) groups excluding carboxylic acids is 1. The van der Waals surface area contributed by atoms with Gasteiger partial charge in [-0.05, 0) is 37.3 Å². The molecule has 1 fully saturated rings. The number of benzene rings is 1. The molecular formula is C22H31N3O3S. The molecule has 0 aliphatic heterocycles. The van der Waals surface area contributed by atoms with E-state index < -0.39 is 0 Å². The standard InChI is InChI=1S/C22H31N3O3S/c1-14-8-7-11-18(16(14)3)23-20(26)13-29-22-24-19-10-6-5-9-17(19)21(27)25(22)15(2)12-28-4/h5-6,9-10,14-16,18H,7-8,11-13H2,1-4H3,(H,23,26). The summed E-state index contributed by atoms with van der Waals surface area (Å²) < 4.78 is 6.90. The first-order valence-electron chi connectivity index (χ1n) is 10.3. The summed E-state index contributed by atoms with van der Waals surface area (Å²) in [7, 11) is 1.61. The van der Waals surface area contributed by atoms with Gasteiger partial charge in [0.15, 0.2) is 5.16 Å². The molecule has 3 rings (SSSR count). The number of fused-ring (bicyclic) bond motifs is 1. The van der Waals surface area contributed by atoms with Gasteiger partial charge in [0.05, 0.1) is 29.3 Å². The number of rotatable bonds is 7. The smallest absolute Gasteiger partial charge is 0.262 e. The Morgan fingerprint density at radius 2 is 2.10 bits per heavy atom. The van der Waals surface area contributed by atoms with E-state index in [-0.39, 0.29) is 29.3 Å². The minimum Gasteiger partial charge on any atom is -0.383 e. The molecule has 1 amide bonds. The lowest BCUT2D eigenvalue weighted by Crippen LogP contribution is -2.44. The Morgan fingerprint density at radius 3 is 2.86 bits per heavy atom. The van der Waals surface area contributed by atoms with Gasteiger partial charge in [0, 0.05) is 13.2 Å². The first-order valence-corrected chi connectivity index (χ1v) is 11.3. The predicted molar refractivity (Wildman–Crippen MR) is 117 cm³/mol. The second-order valence-corrected chi connectivity index (χ2v) is 9.06. The van der Waals surface area contributed by atoms with Gasteiger partial charge in [0.1, 0.15) is 0 Å². The number of hydrogen-bond acceptors (Lipinski definition) is 5. The summed E-state index contributed by atoms with van der Waals surface area (Å²) in [6.45, 7) is 6.80. The summed E-state index contributed by atoms with van der Waals surface area (Å²) in [5.41, 5.74) is 0.550. The highest BCUT2D eigenvalue weighted by Gasteiger charge is 2.28. The van der Waals surface area contributed by atoms with Crippen molar-refractivity contribution in [1.29, 1.82) is 0 Å². The molecule has 29 heavy (non-hydrogen) atoms. The Morgan fingerprint density at radius 1 is 1.34 bits per heavy atom.